The molecule has 0 amide bonds. The molecule has 0 N–H and O–H groups in total. The lowest BCUT2D eigenvalue weighted by molar-refractivity contribution is 1.33. The highest BCUT2D eigenvalue weighted by Gasteiger charge is 1.97. The van der Waals surface area contributed by atoms with E-state index in [1.54, 1.807) is 0 Å². The third kappa shape index (κ3) is 3.26. The predicted molar refractivity (Wildman–Crippen MR) is 69.9 cm³/mol. The third-order valence-corrected chi connectivity index (χ3v) is 4.47. The Morgan fingerprint density at radius 2 is 1.93 bits per heavy atom. The topological polar surface area (TPSA) is 0 Å². The third-order valence-electron chi connectivity index (χ3n) is 2.04. The zero-order chi connectivity index (χ0) is 10.5. The van der Waals surface area contributed by atoms with E-state index in [0.29, 0.717) is 5.88 Å². The molecule has 0 aliphatic rings. The fourth-order valence-electron chi connectivity index (χ4n) is 1.22. The Labute approximate surface area is 103 Å². The van der Waals surface area contributed by atoms with Gasteiger partial charge in [0.1, 0.15) is 0 Å². The van der Waals surface area contributed by atoms with Crippen molar-refractivity contribution in [2.45, 2.75) is 16.5 Å². The molecular formula is C12H11ClS2. The Bertz CT molecular complexity index is 392. The Kier molecular flexibility index (Phi) is 4.12. The summed E-state index contributed by atoms with van der Waals surface area (Å²) in [5.74, 6) is 1.65. The van der Waals surface area contributed by atoms with Crippen LogP contribution in [0.2, 0.25) is 0 Å². The number of thioether (sulfide) groups is 1. The molecular weight excluding hydrogens is 244 g/mol. The van der Waals surface area contributed by atoms with Gasteiger partial charge in [-0.2, -0.15) is 0 Å². The largest absolute Gasteiger partial charge is 0.148 e. The highest BCUT2D eigenvalue weighted by Crippen LogP contribution is 2.25. The van der Waals surface area contributed by atoms with E-state index < -0.39 is 0 Å². The van der Waals surface area contributed by atoms with Gasteiger partial charge in [0.15, 0.2) is 0 Å². The zero-order valence-electron chi connectivity index (χ0n) is 8.15. The molecule has 0 nitrogen and oxygen atoms in total. The maximum Gasteiger partial charge on any atom is 0.0474 e. The molecule has 3 heteroatoms. The van der Waals surface area contributed by atoms with Gasteiger partial charge < -0.3 is 0 Å². The van der Waals surface area contributed by atoms with Gasteiger partial charge in [0, 0.05) is 21.4 Å². The highest BCUT2D eigenvalue weighted by atomic mass is 35.5. The summed E-state index contributed by atoms with van der Waals surface area (Å²) in [6.07, 6.45) is 0. The van der Waals surface area contributed by atoms with Gasteiger partial charge in [-0.05, 0) is 29.1 Å². The molecule has 0 radical (unpaired) electrons. The maximum atomic E-state index is 5.73. The maximum absolute atomic E-state index is 5.73. The van der Waals surface area contributed by atoms with Crippen molar-refractivity contribution in [1.29, 1.82) is 0 Å². The van der Waals surface area contributed by atoms with Crippen molar-refractivity contribution in [1.82, 2.24) is 0 Å². The van der Waals surface area contributed by atoms with Gasteiger partial charge in [0.05, 0.1) is 0 Å². The molecule has 15 heavy (non-hydrogen) atoms. The van der Waals surface area contributed by atoms with E-state index in [9.17, 15) is 0 Å². The van der Waals surface area contributed by atoms with Crippen LogP contribution in [0.5, 0.6) is 0 Å². The molecule has 1 aromatic carbocycles. The second-order valence-corrected chi connectivity index (χ2v) is 5.49. The van der Waals surface area contributed by atoms with Gasteiger partial charge in [0.2, 0.25) is 0 Å². The SMILES string of the molecule is ClCc1ccc(SCc2cccs2)cc1. The number of rotatable bonds is 4. The number of thiophene rings is 1. The first-order valence-corrected chi connectivity index (χ1v) is 7.08. The second kappa shape index (κ2) is 5.59. The summed E-state index contributed by atoms with van der Waals surface area (Å²) in [5.41, 5.74) is 1.18. The van der Waals surface area contributed by atoms with Crippen molar-refractivity contribution in [3.05, 3.63) is 52.2 Å². The summed E-state index contributed by atoms with van der Waals surface area (Å²) in [7, 11) is 0. The summed E-state index contributed by atoms with van der Waals surface area (Å²) in [6, 6.07) is 12.7. The van der Waals surface area contributed by atoms with Gasteiger partial charge in [-0.1, -0.05) is 18.2 Å². The Morgan fingerprint density at radius 1 is 1.13 bits per heavy atom. The number of benzene rings is 1. The predicted octanol–water partition coefficient (Wildman–Crippen LogP) is 4.78. The lowest BCUT2D eigenvalue weighted by Crippen LogP contribution is -1.78. The van der Waals surface area contributed by atoms with Crippen LogP contribution < -0.4 is 0 Å². The molecule has 0 spiro atoms. The normalized spacial score (nSPS) is 10.5. The van der Waals surface area contributed by atoms with E-state index in [4.69, 9.17) is 11.6 Å². The second-order valence-electron chi connectivity index (χ2n) is 3.15. The van der Waals surface area contributed by atoms with Crippen LogP contribution in [0.1, 0.15) is 10.4 Å². The smallest absolute Gasteiger partial charge is 0.0474 e. The molecule has 0 aliphatic heterocycles. The molecule has 0 atom stereocenters. The van der Waals surface area contributed by atoms with Crippen LogP contribution in [-0.4, -0.2) is 0 Å². The van der Waals surface area contributed by atoms with Crippen LogP contribution in [0.3, 0.4) is 0 Å². The summed E-state index contributed by atoms with van der Waals surface area (Å²) >= 11 is 9.40. The van der Waals surface area contributed by atoms with Crippen LogP contribution in [0.15, 0.2) is 46.7 Å². The first-order valence-electron chi connectivity index (χ1n) is 4.68. The summed E-state index contributed by atoms with van der Waals surface area (Å²) in [4.78, 5) is 2.72. The fraction of sp³-hybridized carbons (Fsp3) is 0.167. The molecule has 0 unspecified atom stereocenters. The standard InChI is InChI=1S/C12H11ClS2/c13-8-10-3-5-11(6-4-10)15-9-12-2-1-7-14-12/h1-7H,8-9H2. The van der Waals surface area contributed by atoms with E-state index in [1.807, 2.05) is 23.1 Å². The van der Waals surface area contributed by atoms with E-state index in [0.717, 1.165) is 5.75 Å². The quantitative estimate of drug-likeness (QED) is 0.559. The molecule has 0 bridgehead atoms. The molecule has 1 aromatic heterocycles. The van der Waals surface area contributed by atoms with Crippen molar-refractivity contribution < 1.29 is 0 Å². The van der Waals surface area contributed by atoms with Crippen molar-refractivity contribution in [2.75, 3.05) is 0 Å². The van der Waals surface area contributed by atoms with E-state index in [-0.39, 0.29) is 0 Å². The van der Waals surface area contributed by atoms with Gasteiger partial charge in [-0.3, -0.25) is 0 Å². The highest BCUT2D eigenvalue weighted by molar-refractivity contribution is 7.98. The van der Waals surface area contributed by atoms with Gasteiger partial charge in [-0.15, -0.1) is 34.7 Å². The van der Waals surface area contributed by atoms with E-state index in [2.05, 4.69) is 41.8 Å². The molecule has 2 aromatic rings. The van der Waals surface area contributed by atoms with E-state index in [1.165, 1.54) is 15.3 Å². The van der Waals surface area contributed by atoms with Crippen LogP contribution in [0.25, 0.3) is 0 Å². The molecule has 1 heterocycles. The first-order chi connectivity index (χ1) is 7.38. The van der Waals surface area contributed by atoms with Crippen LogP contribution in [0, 0.1) is 0 Å². The molecule has 78 valence electrons. The average molecular weight is 255 g/mol. The number of hydrogen-bond acceptors (Lipinski definition) is 2. The summed E-state index contributed by atoms with van der Waals surface area (Å²) in [6.45, 7) is 0. The molecule has 0 saturated heterocycles. The summed E-state index contributed by atoms with van der Waals surface area (Å²) in [5, 5.41) is 2.12. The Balaban J connectivity index is 1.93. The Hall–Kier alpha value is -0.440. The lowest BCUT2D eigenvalue weighted by Gasteiger charge is -2.00. The Morgan fingerprint density at radius 3 is 2.53 bits per heavy atom. The molecule has 0 fully saturated rings. The van der Waals surface area contributed by atoms with Gasteiger partial charge in [0.25, 0.3) is 0 Å². The van der Waals surface area contributed by atoms with Crippen LogP contribution in [0.4, 0.5) is 0 Å². The number of hydrogen-bond donors (Lipinski definition) is 0. The van der Waals surface area contributed by atoms with Crippen molar-refractivity contribution in [3.63, 3.8) is 0 Å². The molecule has 0 aliphatic carbocycles. The summed E-state index contributed by atoms with van der Waals surface area (Å²) < 4.78 is 0. The molecule has 0 saturated carbocycles. The average Bonchev–Trinajstić information content (AvgIpc) is 2.80. The van der Waals surface area contributed by atoms with Crippen molar-refractivity contribution in [2.24, 2.45) is 0 Å². The van der Waals surface area contributed by atoms with Crippen molar-refractivity contribution in [3.8, 4) is 0 Å². The number of alkyl halides is 1. The fourth-order valence-corrected chi connectivity index (χ4v) is 3.07. The zero-order valence-corrected chi connectivity index (χ0v) is 10.5. The van der Waals surface area contributed by atoms with Crippen LogP contribution in [-0.2, 0) is 11.6 Å². The van der Waals surface area contributed by atoms with E-state index >= 15 is 0 Å². The number of halogens is 1. The van der Waals surface area contributed by atoms with Gasteiger partial charge >= 0.3 is 0 Å². The van der Waals surface area contributed by atoms with Gasteiger partial charge in [-0.25, -0.2) is 0 Å². The molecule has 2 rings (SSSR count). The lowest BCUT2D eigenvalue weighted by atomic mass is 10.2. The minimum Gasteiger partial charge on any atom is -0.148 e. The first kappa shape index (κ1) is 11.1. The minimum absolute atomic E-state index is 0.593. The minimum atomic E-state index is 0.593. The monoisotopic (exact) mass is 254 g/mol. The van der Waals surface area contributed by atoms with Crippen LogP contribution >= 0.6 is 34.7 Å². The van der Waals surface area contributed by atoms with Crippen molar-refractivity contribution >= 4 is 34.7 Å².